The molecule has 1 aromatic carbocycles. The summed E-state index contributed by atoms with van der Waals surface area (Å²) in [5.41, 5.74) is 3.82. The highest BCUT2D eigenvalue weighted by molar-refractivity contribution is 5.94. The quantitative estimate of drug-likeness (QED) is 0.395. The lowest BCUT2D eigenvalue weighted by molar-refractivity contribution is -0.156. The fraction of sp³-hybridized carbons (Fsp3) is 0.280. The van der Waals surface area contributed by atoms with E-state index in [-0.39, 0.29) is 18.4 Å². The number of nitrogens with zero attached hydrogens (tertiary/aromatic N) is 6. The second kappa shape index (κ2) is 11.7. The molecule has 3 aromatic heterocycles. The molecule has 1 unspecified atom stereocenters. The normalized spacial score (nSPS) is 14.3. The van der Waals surface area contributed by atoms with Gasteiger partial charge in [0.25, 0.3) is 5.91 Å². The van der Waals surface area contributed by atoms with Crippen molar-refractivity contribution in [3.8, 4) is 17.3 Å². The van der Waals surface area contributed by atoms with E-state index in [4.69, 9.17) is 9.53 Å². The lowest BCUT2D eigenvalue weighted by Gasteiger charge is -2.27. The minimum Gasteiger partial charge on any atom is -0.378 e. The zero-order valence-corrected chi connectivity index (χ0v) is 19.9. The number of hydrogen-bond donors (Lipinski definition) is 1. The molecule has 1 aliphatic rings. The molecule has 0 radical (unpaired) electrons. The topological polar surface area (TPSA) is 130 Å². The highest BCUT2D eigenvalue weighted by Crippen LogP contribution is 2.28. The van der Waals surface area contributed by atoms with E-state index in [0.717, 1.165) is 27.9 Å². The molecule has 1 N–H and O–H groups in total. The molecule has 196 valence electrons. The molecule has 1 atom stereocenters. The number of morpholine rings is 1. The summed E-state index contributed by atoms with van der Waals surface area (Å²) in [5.74, 6) is -0.0251. The Hall–Kier alpha value is -4.57. The summed E-state index contributed by atoms with van der Waals surface area (Å²) in [6.45, 7) is 2.27. The molecule has 10 nitrogen and oxygen atoms in total. The number of H-pyrrole nitrogens is 1. The number of nitrogens with one attached hydrogen (secondary N) is 1. The van der Waals surface area contributed by atoms with E-state index < -0.39 is 12.5 Å². The van der Waals surface area contributed by atoms with Crippen molar-refractivity contribution >= 4 is 23.2 Å². The molecular weight excluding hydrogens is 503 g/mol. The number of amides is 1. The molecule has 1 amide bonds. The Kier molecular flexibility index (Phi) is 8.12. The number of nitriles is 1. The number of alkyl halides is 3. The molecule has 1 saturated heterocycles. The molecule has 0 bridgehead atoms. The van der Waals surface area contributed by atoms with Gasteiger partial charge < -0.3 is 14.6 Å². The third kappa shape index (κ3) is 6.22. The summed E-state index contributed by atoms with van der Waals surface area (Å²) in [6.07, 6.45) is 1.48. The van der Waals surface area contributed by atoms with Crippen LogP contribution in [-0.4, -0.2) is 74.3 Å². The van der Waals surface area contributed by atoms with Crippen LogP contribution in [-0.2, 0) is 9.53 Å². The van der Waals surface area contributed by atoms with E-state index in [1.54, 1.807) is 15.8 Å². The first-order valence-corrected chi connectivity index (χ1v) is 11.5. The molecule has 13 heteroatoms. The number of carbonyl (C=O) groups excluding carboxylic acids is 2. The third-order valence-electron chi connectivity index (χ3n) is 5.78. The van der Waals surface area contributed by atoms with Gasteiger partial charge in [0.05, 0.1) is 43.6 Å². The number of fused-ring (bicyclic) bond motifs is 1. The largest absolute Gasteiger partial charge is 0.446 e. The van der Waals surface area contributed by atoms with Gasteiger partial charge in [0.1, 0.15) is 12.0 Å². The monoisotopic (exact) mass is 525 g/mol. The number of rotatable bonds is 5. The Morgan fingerprint density at radius 3 is 2.71 bits per heavy atom. The number of ether oxygens (including phenoxy) is 1. The molecule has 0 aliphatic carbocycles. The minimum absolute atomic E-state index is 0.0251. The highest BCUT2D eigenvalue weighted by Gasteiger charge is 2.25. The van der Waals surface area contributed by atoms with Gasteiger partial charge in [-0.05, 0) is 23.8 Å². The number of aldehydes is 1. The van der Waals surface area contributed by atoms with Gasteiger partial charge in [-0.25, -0.2) is 9.97 Å². The van der Waals surface area contributed by atoms with E-state index in [0.29, 0.717) is 31.9 Å². The highest BCUT2D eigenvalue weighted by atomic mass is 19.4. The van der Waals surface area contributed by atoms with Crippen LogP contribution < -0.4 is 0 Å². The summed E-state index contributed by atoms with van der Waals surface area (Å²) in [7, 11) is 0. The van der Waals surface area contributed by atoms with Gasteiger partial charge in [-0.15, -0.1) is 0 Å². The SMILES string of the molecule is N#CCC(c1cccc(C(=O)N2CCOCC2)c1)n1cc(-c2ncnc3[nH]ccc23)cn1.O=CC(F)(F)F. The Morgan fingerprint density at radius 1 is 1.24 bits per heavy atom. The maximum Gasteiger partial charge on any atom is 0.446 e. The van der Waals surface area contributed by atoms with Gasteiger partial charge in [-0.1, -0.05) is 12.1 Å². The van der Waals surface area contributed by atoms with Crippen LogP contribution in [0.1, 0.15) is 28.4 Å². The van der Waals surface area contributed by atoms with Gasteiger partial charge in [0.15, 0.2) is 0 Å². The van der Waals surface area contributed by atoms with E-state index in [1.165, 1.54) is 6.33 Å². The van der Waals surface area contributed by atoms with Crippen molar-refractivity contribution in [2.75, 3.05) is 26.3 Å². The maximum absolute atomic E-state index is 12.9. The zero-order chi connectivity index (χ0) is 27.1. The minimum atomic E-state index is -4.64. The molecule has 38 heavy (non-hydrogen) atoms. The van der Waals surface area contributed by atoms with Gasteiger partial charge in [-0.3, -0.25) is 14.3 Å². The summed E-state index contributed by atoms with van der Waals surface area (Å²) in [4.78, 5) is 35.2. The first-order valence-electron chi connectivity index (χ1n) is 11.5. The van der Waals surface area contributed by atoms with Crippen molar-refractivity contribution in [2.24, 2.45) is 0 Å². The molecule has 4 heterocycles. The Balaban J connectivity index is 0.000000505. The molecule has 0 spiro atoms. The standard InChI is InChI=1S/C23H21N7O2.C2HF3O/c24-6-4-20(16-2-1-3-17(12-16)23(31)29-8-10-32-11-9-29)30-14-18(13-28-30)21-19-5-7-25-22(19)27-15-26-21;3-2(4,5)1-6/h1-3,5,7,12-15,20H,4,8-11H2,(H,25,26,27);1H. The molecular formula is C25H22F3N7O3. The fourth-order valence-corrected chi connectivity index (χ4v) is 4.01. The summed E-state index contributed by atoms with van der Waals surface area (Å²) >= 11 is 0. The number of benzene rings is 1. The molecule has 5 rings (SSSR count). The van der Waals surface area contributed by atoms with Crippen LogP contribution in [0.2, 0.25) is 0 Å². The Bertz CT molecular complexity index is 1450. The number of aromatic nitrogens is 5. The average Bonchev–Trinajstić information content (AvgIpc) is 3.62. The molecule has 4 aromatic rings. The van der Waals surface area contributed by atoms with Crippen LogP contribution in [0.25, 0.3) is 22.3 Å². The fourth-order valence-electron chi connectivity index (χ4n) is 4.01. The second-order valence-corrected chi connectivity index (χ2v) is 8.24. The van der Waals surface area contributed by atoms with Crippen LogP contribution >= 0.6 is 0 Å². The van der Waals surface area contributed by atoms with Crippen molar-refractivity contribution in [3.63, 3.8) is 0 Å². The van der Waals surface area contributed by atoms with Crippen molar-refractivity contribution in [1.82, 2.24) is 29.6 Å². The Labute approximate surface area is 214 Å². The molecule has 1 fully saturated rings. The lowest BCUT2D eigenvalue weighted by Crippen LogP contribution is -2.40. The summed E-state index contributed by atoms with van der Waals surface area (Å²) in [5, 5.41) is 14.9. The van der Waals surface area contributed by atoms with Crippen LogP contribution in [0.5, 0.6) is 0 Å². The summed E-state index contributed by atoms with van der Waals surface area (Å²) in [6, 6.07) is 11.3. The number of aromatic amines is 1. The van der Waals surface area contributed by atoms with Crippen molar-refractivity contribution in [2.45, 2.75) is 18.6 Å². The number of carbonyl (C=O) groups is 2. The van der Waals surface area contributed by atoms with E-state index in [9.17, 15) is 23.2 Å². The first-order chi connectivity index (χ1) is 18.3. The van der Waals surface area contributed by atoms with Crippen molar-refractivity contribution < 1.29 is 27.5 Å². The van der Waals surface area contributed by atoms with Gasteiger partial charge >= 0.3 is 6.18 Å². The van der Waals surface area contributed by atoms with Crippen LogP contribution in [0, 0.1) is 11.3 Å². The summed E-state index contributed by atoms with van der Waals surface area (Å²) < 4.78 is 38.4. The van der Waals surface area contributed by atoms with Crippen LogP contribution in [0.4, 0.5) is 13.2 Å². The van der Waals surface area contributed by atoms with Crippen LogP contribution in [0.15, 0.2) is 55.2 Å². The molecule has 0 saturated carbocycles. The lowest BCUT2D eigenvalue weighted by atomic mass is 10.0. The first kappa shape index (κ1) is 26.5. The van der Waals surface area contributed by atoms with Gasteiger partial charge in [0.2, 0.25) is 6.29 Å². The van der Waals surface area contributed by atoms with E-state index >= 15 is 0 Å². The molecule has 1 aliphatic heterocycles. The van der Waals surface area contributed by atoms with Gasteiger partial charge in [-0.2, -0.15) is 23.5 Å². The predicted molar refractivity (Wildman–Crippen MR) is 129 cm³/mol. The van der Waals surface area contributed by atoms with Crippen molar-refractivity contribution in [1.29, 1.82) is 5.26 Å². The van der Waals surface area contributed by atoms with E-state index in [2.05, 4.69) is 26.1 Å². The van der Waals surface area contributed by atoms with Gasteiger partial charge in [0, 0.05) is 42.0 Å². The maximum atomic E-state index is 12.9. The number of halogens is 3. The number of hydrogen-bond acceptors (Lipinski definition) is 7. The average molecular weight is 525 g/mol. The van der Waals surface area contributed by atoms with Crippen LogP contribution in [0.3, 0.4) is 0 Å². The zero-order valence-electron chi connectivity index (χ0n) is 19.9. The third-order valence-corrected chi connectivity index (χ3v) is 5.78. The predicted octanol–water partition coefficient (Wildman–Crippen LogP) is 3.54. The van der Waals surface area contributed by atoms with Crippen molar-refractivity contribution in [3.05, 3.63) is 66.4 Å². The second-order valence-electron chi connectivity index (χ2n) is 8.24. The smallest absolute Gasteiger partial charge is 0.378 e. The van der Waals surface area contributed by atoms with E-state index in [1.807, 2.05) is 42.7 Å². The Morgan fingerprint density at radius 2 is 2.00 bits per heavy atom.